The quantitative estimate of drug-likeness (QED) is 0.499. The summed E-state index contributed by atoms with van der Waals surface area (Å²) < 4.78 is 28.0. The van der Waals surface area contributed by atoms with Gasteiger partial charge in [0.15, 0.2) is 6.29 Å². The Hall–Kier alpha value is -1.34. The van der Waals surface area contributed by atoms with E-state index in [1.54, 1.807) is 0 Å². The minimum Gasteiger partial charge on any atom is -0.462 e. The van der Waals surface area contributed by atoms with Gasteiger partial charge in [-0.1, -0.05) is 27.2 Å². The van der Waals surface area contributed by atoms with Crippen molar-refractivity contribution in [1.82, 2.24) is 0 Å². The van der Waals surface area contributed by atoms with Crippen LogP contribution in [0, 0.1) is 0 Å². The van der Waals surface area contributed by atoms with E-state index in [0.717, 1.165) is 38.5 Å². The van der Waals surface area contributed by atoms with Crippen LogP contribution in [0.4, 0.5) is 4.79 Å². The lowest BCUT2D eigenvalue weighted by Crippen LogP contribution is -2.40. The van der Waals surface area contributed by atoms with Gasteiger partial charge in [-0.15, -0.1) is 0 Å². The molecule has 2 aliphatic rings. The molecule has 0 aromatic heterocycles. The van der Waals surface area contributed by atoms with Gasteiger partial charge in [0.2, 0.25) is 0 Å². The molecule has 2 aliphatic heterocycles. The van der Waals surface area contributed by atoms with Crippen LogP contribution >= 0.6 is 0 Å². The van der Waals surface area contributed by atoms with E-state index in [1.165, 1.54) is 6.92 Å². The highest BCUT2D eigenvalue weighted by Gasteiger charge is 2.34. The van der Waals surface area contributed by atoms with Gasteiger partial charge in [0.1, 0.15) is 18.3 Å². The lowest BCUT2D eigenvalue weighted by Gasteiger charge is -2.36. The van der Waals surface area contributed by atoms with Crippen molar-refractivity contribution >= 4 is 12.1 Å². The van der Waals surface area contributed by atoms with Gasteiger partial charge in [0.25, 0.3) is 0 Å². The molecule has 162 valence electrons. The van der Waals surface area contributed by atoms with Gasteiger partial charge in [-0.25, -0.2) is 4.79 Å². The second-order valence-corrected chi connectivity index (χ2v) is 7.80. The maximum Gasteiger partial charge on any atom is 0.508 e. The van der Waals surface area contributed by atoms with Crippen LogP contribution in [-0.2, 0) is 28.5 Å². The average Bonchev–Trinajstić information content (AvgIpc) is 2.65. The second kappa shape index (κ2) is 11.6. The smallest absolute Gasteiger partial charge is 0.462 e. The molecule has 0 spiro atoms. The van der Waals surface area contributed by atoms with E-state index >= 15 is 0 Å². The zero-order valence-electron chi connectivity index (χ0n) is 17.7. The number of carbonyl (C=O) groups is 2. The fourth-order valence-electron chi connectivity index (χ4n) is 3.89. The van der Waals surface area contributed by atoms with Crippen molar-refractivity contribution in [3.63, 3.8) is 0 Å². The summed E-state index contributed by atoms with van der Waals surface area (Å²) >= 11 is 0. The highest BCUT2D eigenvalue weighted by molar-refractivity contribution is 5.66. The van der Waals surface area contributed by atoms with E-state index in [-0.39, 0.29) is 42.8 Å². The average molecular weight is 401 g/mol. The fourth-order valence-corrected chi connectivity index (χ4v) is 3.89. The number of hydrogen-bond donors (Lipinski definition) is 0. The fraction of sp³-hybridized carbons (Fsp3) is 0.905. The van der Waals surface area contributed by atoms with Gasteiger partial charge >= 0.3 is 12.1 Å². The molecule has 0 amide bonds. The van der Waals surface area contributed by atoms with Crippen LogP contribution in [0.25, 0.3) is 0 Å². The summed E-state index contributed by atoms with van der Waals surface area (Å²) in [6, 6.07) is 0. The van der Waals surface area contributed by atoms with E-state index in [1.807, 2.05) is 6.92 Å². The maximum absolute atomic E-state index is 11.9. The molecule has 2 fully saturated rings. The summed E-state index contributed by atoms with van der Waals surface area (Å²) in [6.45, 7) is 7.60. The van der Waals surface area contributed by atoms with E-state index in [2.05, 4.69) is 13.8 Å². The summed E-state index contributed by atoms with van der Waals surface area (Å²) in [5, 5.41) is 0. The van der Waals surface area contributed by atoms with Crippen LogP contribution in [0.15, 0.2) is 0 Å². The summed E-state index contributed by atoms with van der Waals surface area (Å²) in [7, 11) is 0. The molecule has 2 saturated heterocycles. The topological polar surface area (TPSA) is 80.3 Å². The molecule has 0 saturated carbocycles. The maximum atomic E-state index is 11.9. The van der Waals surface area contributed by atoms with E-state index in [0.29, 0.717) is 19.3 Å². The van der Waals surface area contributed by atoms with E-state index in [9.17, 15) is 9.59 Å². The molecule has 28 heavy (non-hydrogen) atoms. The number of carbonyl (C=O) groups excluding carboxylic acids is 2. The van der Waals surface area contributed by atoms with Crippen LogP contribution < -0.4 is 0 Å². The normalized spacial score (nSPS) is 31.6. The number of rotatable bonds is 10. The lowest BCUT2D eigenvalue weighted by molar-refractivity contribution is -0.247. The van der Waals surface area contributed by atoms with Crippen molar-refractivity contribution in [2.24, 2.45) is 0 Å². The molecule has 0 N–H and O–H groups in total. The van der Waals surface area contributed by atoms with Crippen molar-refractivity contribution < 1.29 is 33.3 Å². The largest absolute Gasteiger partial charge is 0.508 e. The van der Waals surface area contributed by atoms with Crippen LogP contribution in [-0.4, -0.2) is 48.9 Å². The number of hydrogen-bond acceptors (Lipinski definition) is 7. The molecule has 0 aliphatic carbocycles. The molecule has 0 aromatic carbocycles. The van der Waals surface area contributed by atoms with Gasteiger partial charge in [0.05, 0.1) is 12.2 Å². The predicted molar refractivity (Wildman–Crippen MR) is 103 cm³/mol. The van der Waals surface area contributed by atoms with Crippen molar-refractivity contribution in [3.8, 4) is 0 Å². The third kappa shape index (κ3) is 7.59. The summed E-state index contributed by atoms with van der Waals surface area (Å²) in [5.74, 6) is -0.314. The highest BCUT2D eigenvalue weighted by atomic mass is 16.7. The van der Waals surface area contributed by atoms with Gasteiger partial charge in [-0.2, -0.15) is 0 Å². The van der Waals surface area contributed by atoms with Crippen molar-refractivity contribution in [2.45, 2.75) is 122 Å². The molecule has 0 bridgehead atoms. The lowest BCUT2D eigenvalue weighted by atomic mass is 9.97. The first-order chi connectivity index (χ1) is 13.4. The van der Waals surface area contributed by atoms with Crippen LogP contribution in [0.5, 0.6) is 0 Å². The Balaban J connectivity index is 1.83. The third-order valence-corrected chi connectivity index (χ3v) is 5.37. The molecule has 2 heterocycles. The van der Waals surface area contributed by atoms with Gasteiger partial charge < -0.3 is 23.7 Å². The van der Waals surface area contributed by atoms with Crippen molar-refractivity contribution in [1.29, 1.82) is 0 Å². The Kier molecular flexibility index (Phi) is 9.51. The minimum absolute atomic E-state index is 0.125. The van der Waals surface area contributed by atoms with E-state index < -0.39 is 6.16 Å². The zero-order valence-corrected chi connectivity index (χ0v) is 17.7. The van der Waals surface area contributed by atoms with Crippen LogP contribution in [0.3, 0.4) is 0 Å². The first-order valence-corrected chi connectivity index (χ1v) is 10.8. The Bertz CT molecular complexity index is 495. The molecular weight excluding hydrogens is 364 g/mol. The van der Waals surface area contributed by atoms with Crippen molar-refractivity contribution in [3.05, 3.63) is 0 Å². The molecule has 2 rings (SSSR count). The summed E-state index contributed by atoms with van der Waals surface area (Å²) in [4.78, 5) is 23.1. The molecule has 7 heteroatoms. The second-order valence-electron chi connectivity index (χ2n) is 7.80. The Morgan fingerprint density at radius 2 is 1.64 bits per heavy atom. The van der Waals surface area contributed by atoms with Crippen LogP contribution in [0.1, 0.15) is 85.5 Å². The molecule has 6 atom stereocenters. The zero-order chi connectivity index (χ0) is 20.5. The van der Waals surface area contributed by atoms with Crippen LogP contribution in [0.2, 0.25) is 0 Å². The predicted octanol–water partition coefficient (Wildman–Crippen LogP) is 4.50. The minimum atomic E-state index is -0.637. The summed E-state index contributed by atoms with van der Waals surface area (Å²) in [5.41, 5.74) is 0. The Labute approximate surface area is 168 Å². The SMILES string of the molecule is CCCC1OC(CC)CC(CCC2CC(CC(CC)OC(C)=O)OC(=O)O2)O1. The molecule has 0 aromatic rings. The first-order valence-electron chi connectivity index (χ1n) is 10.8. The molecular formula is C21H36O7. The molecule has 0 radical (unpaired) electrons. The number of cyclic esters (lactones) is 2. The Morgan fingerprint density at radius 1 is 1.00 bits per heavy atom. The molecule has 6 unspecified atom stereocenters. The highest BCUT2D eigenvalue weighted by Crippen LogP contribution is 2.29. The standard InChI is InChI=1S/C21H36O7/c1-5-8-20-25-16(7-3)11-17(26-20)9-10-18-13-19(28-21(23)27-18)12-15(6-2)24-14(4)22/h15-20H,5-13H2,1-4H3. The Morgan fingerprint density at radius 3 is 2.29 bits per heavy atom. The molecule has 7 nitrogen and oxygen atoms in total. The van der Waals surface area contributed by atoms with Crippen molar-refractivity contribution in [2.75, 3.05) is 0 Å². The monoisotopic (exact) mass is 400 g/mol. The van der Waals surface area contributed by atoms with Gasteiger partial charge in [-0.3, -0.25) is 4.79 Å². The number of ether oxygens (including phenoxy) is 5. The number of esters is 1. The van der Waals surface area contributed by atoms with Gasteiger partial charge in [0, 0.05) is 19.8 Å². The summed E-state index contributed by atoms with van der Waals surface area (Å²) in [6.07, 6.45) is 5.99. The third-order valence-electron chi connectivity index (χ3n) is 5.37. The van der Waals surface area contributed by atoms with Gasteiger partial charge in [-0.05, 0) is 38.5 Å². The van der Waals surface area contributed by atoms with E-state index in [4.69, 9.17) is 23.7 Å². The first kappa shape index (κ1) is 22.9.